The molecule has 1 heterocycles. The van der Waals surface area contributed by atoms with Crippen LogP contribution in [0.1, 0.15) is 36.8 Å². The lowest BCUT2D eigenvalue weighted by Gasteiger charge is -2.43. The minimum Gasteiger partial charge on any atom is -0.347 e. The SMILES string of the molecule is O=C(CCc1cnn(-c2ccccc2)c1)NC1(c2ccc(Cl)cc2)CCC1. The average molecular weight is 380 g/mol. The molecular weight excluding hydrogens is 358 g/mol. The number of rotatable bonds is 6. The molecular formula is C22H22ClN3O. The van der Waals surface area contributed by atoms with Gasteiger partial charge in [-0.05, 0) is 61.1 Å². The lowest BCUT2D eigenvalue weighted by Crippen LogP contribution is -2.50. The molecule has 1 aromatic heterocycles. The summed E-state index contributed by atoms with van der Waals surface area (Å²) >= 11 is 6.00. The Morgan fingerprint density at radius 1 is 1.11 bits per heavy atom. The quantitative estimate of drug-likeness (QED) is 0.677. The zero-order chi connectivity index (χ0) is 18.7. The molecule has 1 fully saturated rings. The first-order chi connectivity index (χ1) is 13.1. The van der Waals surface area contributed by atoms with E-state index in [2.05, 4.69) is 10.4 Å². The third-order valence-electron chi connectivity index (χ3n) is 5.28. The summed E-state index contributed by atoms with van der Waals surface area (Å²) in [5.74, 6) is 0.0807. The molecule has 1 saturated carbocycles. The van der Waals surface area contributed by atoms with Crippen LogP contribution in [0.2, 0.25) is 5.02 Å². The van der Waals surface area contributed by atoms with Crippen LogP contribution in [-0.4, -0.2) is 15.7 Å². The third-order valence-corrected chi connectivity index (χ3v) is 5.53. The van der Waals surface area contributed by atoms with Crippen molar-refractivity contribution in [3.8, 4) is 5.69 Å². The fourth-order valence-corrected chi connectivity index (χ4v) is 3.71. The van der Waals surface area contributed by atoms with Gasteiger partial charge in [-0.1, -0.05) is 41.9 Å². The lowest BCUT2D eigenvalue weighted by molar-refractivity contribution is -0.124. The molecule has 1 amide bonds. The summed E-state index contributed by atoms with van der Waals surface area (Å²) in [6.07, 6.45) is 8.04. The van der Waals surface area contributed by atoms with E-state index in [1.54, 1.807) is 0 Å². The van der Waals surface area contributed by atoms with Crippen LogP contribution < -0.4 is 5.32 Å². The minimum absolute atomic E-state index is 0.0807. The Labute approximate surface area is 164 Å². The molecule has 1 aliphatic rings. The molecule has 0 bridgehead atoms. The van der Waals surface area contributed by atoms with Gasteiger partial charge in [0.05, 0.1) is 17.4 Å². The zero-order valence-corrected chi connectivity index (χ0v) is 15.8. The number of nitrogens with one attached hydrogen (secondary N) is 1. The molecule has 1 N–H and O–H groups in total. The largest absolute Gasteiger partial charge is 0.347 e. The molecule has 0 saturated heterocycles. The fourth-order valence-electron chi connectivity index (χ4n) is 3.58. The van der Waals surface area contributed by atoms with Crippen molar-refractivity contribution in [3.05, 3.63) is 83.1 Å². The Kier molecular flexibility index (Phi) is 4.99. The van der Waals surface area contributed by atoms with Gasteiger partial charge < -0.3 is 5.32 Å². The van der Waals surface area contributed by atoms with E-state index in [1.807, 2.05) is 71.7 Å². The molecule has 5 heteroatoms. The second-order valence-corrected chi connectivity index (χ2v) is 7.56. The van der Waals surface area contributed by atoms with Crippen LogP contribution in [0.4, 0.5) is 0 Å². The van der Waals surface area contributed by atoms with Crippen LogP contribution in [0.5, 0.6) is 0 Å². The highest BCUT2D eigenvalue weighted by Gasteiger charge is 2.39. The number of amides is 1. The van der Waals surface area contributed by atoms with Crippen LogP contribution in [0.3, 0.4) is 0 Å². The van der Waals surface area contributed by atoms with Crippen molar-refractivity contribution in [2.24, 2.45) is 0 Å². The van der Waals surface area contributed by atoms with Crippen molar-refractivity contribution in [1.29, 1.82) is 0 Å². The van der Waals surface area contributed by atoms with E-state index >= 15 is 0 Å². The Bertz CT molecular complexity index is 914. The van der Waals surface area contributed by atoms with Crippen molar-refractivity contribution >= 4 is 17.5 Å². The van der Waals surface area contributed by atoms with Crippen molar-refractivity contribution in [1.82, 2.24) is 15.1 Å². The normalized spacial score (nSPS) is 15.1. The first kappa shape index (κ1) is 17.8. The van der Waals surface area contributed by atoms with Crippen LogP contribution in [0.15, 0.2) is 67.0 Å². The van der Waals surface area contributed by atoms with E-state index in [0.717, 1.165) is 41.1 Å². The van der Waals surface area contributed by atoms with E-state index in [1.165, 1.54) is 0 Å². The Hall–Kier alpha value is -2.59. The van der Waals surface area contributed by atoms with E-state index in [4.69, 9.17) is 11.6 Å². The van der Waals surface area contributed by atoms with E-state index < -0.39 is 0 Å². The second kappa shape index (κ2) is 7.57. The summed E-state index contributed by atoms with van der Waals surface area (Å²) in [7, 11) is 0. The molecule has 3 aromatic rings. The Morgan fingerprint density at radius 2 is 1.85 bits per heavy atom. The first-order valence-corrected chi connectivity index (χ1v) is 9.68. The van der Waals surface area contributed by atoms with E-state index in [0.29, 0.717) is 12.8 Å². The van der Waals surface area contributed by atoms with Gasteiger partial charge in [0.1, 0.15) is 0 Å². The lowest BCUT2D eigenvalue weighted by atomic mass is 9.71. The highest BCUT2D eigenvalue weighted by molar-refractivity contribution is 6.30. The molecule has 0 atom stereocenters. The number of hydrogen-bond acceptors (Lipinski definition) is 2. The number of aromatic nitrogens is 2. The van der Waals surface area contributed by atoms with Crippen LogP contribution in [0.25, 0.3) is 5.69 Å². The summed E-state index contributed by atoms with van der Waals surface area (Å²) in [5.41, 5.74) is 2.99. The summed E-state index contributed by atoms with van der Waals surface area (Å²) in [5, 5.41) is 8.38. The molecule has 0 unspecified atom stereocenters. The maximum Gasteiger partial charge on any atom is 0.221 e. The highest BCUT2D eigenvalue weighted by Crippen LogP contribution is 2.41. The van der Waals surface area contributed by atoms with Crippen molar-refractivity contribution in [2.45, 2.75) is 37.6 Å². The predicted octanol–water partition coefficient (Wildman–Crippen LogP) is 4.65. The van der Waals surface area contributed by atoms with Gasteiger partial charge in [0, 0.05) is 17.6 Å². The van der Waals surface area contributed by atoms with Crippen LogP contribution in [-0.2, 0) is 16.8 Å². The topological polar surface area (TPSA) is 46.9 Å². The number of nitrogens with zero attached hydrogens (tertiary/aromatic N) is 2. The molecule has 1 aliphatic carbocycles. The third kappa shape index (κ3) is 3.91. The van der Waals surface area contributed by atoms with Crippen LogP contribution in [0, 0.1) is 0 Å². The Morgan fingerprint density at radius 3 is 2.52 bits per heavy atom. The molecule has 0 aliphatic heterocycles. The van der Waals surface area contributed by atoms with Gasteiger partial charge >= 0.3 is 0 Å². The molecule has 0 radical (unpaired) electrons. The number of para-hydroxylation sites is 1. The van der Waals surface area contributed by atoms with Gasteiger partial charge in [-0.3, -0.25) is 4.79 Å². The zero-order valence-electron chi connectivity index (χ0n) is 15.1. The summed E-state index contributed by atoms with van der Waals surface area (Å²) < 4.78 is 1.84. The molecule has 138 valence electrons. The monoisotopic (exact) mass is 379 g/mol. The molecule has 27 heavy (non-hydrogen) atoms. The van der Waals surface area contributed by atoms with Crippen LogP contribution >= 0.6 is 11.6 Å². The van der Waals surface area contributed by atoms with E-state index in [-0.39, 0.29) is 11.4 Å². The van der Waals surface area contributed by atoms with Crippen molar-refractivity contribution < 1.29 is 4.79 Å². The van der Waals surface area contributed by atoms with Crippen molar-refractivity contribution in [3.63, 3.8) is 0 Å². The molecule has 4 rings (SSSR count). The minimum atomic E-state index is -0.226. The summed E-state index contributed by atoms with van der Waals surface area (Å²) in [6.45, 7) is 0. The first-order valence-electron chi connectivity index (χ1n) is 9.31. The number of carbonyl (C=O) groups is 1. The standard InChI is InChI=1S/C22H22ClN3O/c23-19-10-8-18(9-11-19)22(13-4-14-22)25-21(27)12-7-17-15-24-26(16-17)20-5-2-1-3-6-20/h1-3,5-6,8-11,15-16H,4,7,12-14H2,(H,25,27). The van der Waals surface area contributed by atoms with Gasteiger partial charge in [0.15, 0.2) is 0 Å². The maximum absolute atomic E-state index is 12.6. The number of carbonyl (C=O) groups excluding carboxylic acids is 1. The highest BCUT2D eigenvalue weighted by atomic mass is 35.5. The number of benzene rings is 2. The van der Waals surface area contributed by atoms with E-state index in [9.17, 15) is 4.79 Å². The van der Waals surface area contributed by atoms with Gasteiger partial charge in [0.2, 0.25) is 5.91 Å². The number of hydrogen-bond donors (Lipinski definition) is 1. The van der Waals surface area contributed by atoms with Gasteiger partial charge in [-0.2, -0.15) is 5.10 Å². The Balaban J connectivity index is 1.37. The molecule has 2 aromatic carbocycles. The fraction of sp³-hybridized carbons (Fsp3) is 0.273. The smallest absolute Gasteiger partial charge is 0.221 e. The van der Waals surface area contributed by atoms with Gasteiger partial charge in [-0.15, -0.1) is 0 Å². The van der Waals surface area contributed by atoms with Gasteiger partial charge in [-0.25, -0.2) is 4.68 Å². The number of aryl methyl sites for hydroxylation is 1. The predicted molar refractivity (Wildman–Crippen MR) is 107 cm³/mol. The summed E-state index contributed by atoms with van der Waals surface area (Å²) in [4.78, 5) is 12.6. The number of halogens is 1. The molecule has 0 spiro atoms. The van der Waals surface area contributed by atoms with Crippen molar-refractivity contribution in [2.75, 3.05) is 0 Å². The maximum atomic E-state index is 12.6. The van der Waals surface area contributed by atoms with Gasteiger partial charge in [0.25, 0.3) is 0 Å². The second-order valence-electron chi connectivity index (χ2n) is 7.12. The molecule has 4 nitrogen and oxygen atoms in total. The summed E-state index contributed by atoms with van der Waals surface area (Å²) in [6, 6.07) is 17.8. The average Bonchev–Trinajstić information content (AvgIpc) is 3.14.